The number of benzene rings is 1. The van der Waals surface area contributed by atoms with Gasteiger partial charge < -0.3 is 19.6 Å². The molecule has 0 aliphatic carbocycles. The predicted molar refractivity (Wildman–Crippen MR) is 93.1 cm³/mol. The zero-order chi connectivity index (χ0) is 18.7. The van der Waals surface area contributed by atoms with Gasteiger partial charge in [0.1, 0.15) is 17.9 Å². The number of urea groups is 1. The number of carbonyl (C=O) groups is 2. The molecule has 1 saturated heterocycles. The maximum absolute atomic E-state index is 12.8. The Hall–Kier alpha value is -2.64. The van der Waals surface area contributed by atoms with E-state index in [9.17, 15) is 14.7 Å². The zero-order valence-corrected chi connectivity index (χ0v) is 14.8. The first-order valence-corrected chi connectivity index (χ1v) is 8.39. The molecule has 2 N–H and O–H groups in total. The molecule has 1 aromatic heterocycles. The molecule has 1 fully saturated rings. The van der Waals surface area contributed by atoms with Crippen LogP contribution in [-0.2, 0) is 21.7 Å². The van der Waals surface area contributed by atoms with Crippen LogP contribution in [-0.4, -0.2) is 41.2 Å². The first-order chi connectivity index (χ1) is 12.4. The number of carbonyl (C=O) groups excluding carboxylic acids is 2. The molecule has 7 heteroatoms. The fourth-order valence-electron chi connectivity index (χ4n) is 2.90. The van der Waals surface area contributed by atoms with Crippen LogP contribution >= 0.6 is 0 Å². The number of amides is 3. The van der Waals surface area contributed by atoms with E-state index in [0.717, 1.165) is 10.5 Å². The molecule has 1 aromatic carbocycles. The smallest absolute Gasteiger partial charge is 0.325 e. The van der Waals surface area contributed by atoms with Crippen molar-refractivity contribution < 1.29 is 23.8 Å². The summed E-state index contributed by atoms with van der Waals surface area (Å²) < 4.78 is 10.5. The van der Waals surface area contributed by atoms with Crippen molar-refractivity contribution in [1.82, 2.24) is 10.2 Å². The summed E-state index contributed by atoms with van der Waals surface area (Å²) in [7, 11) is 0. The standard InChI is InChI=1S/C19H22N2O5/c1-13-5-7-14(8-6-13)19(2)17(23)21(18(24)20-19)10-15(22)11-25-12-16-4-3-9-26-16/h3-9,15,22H,10-12H2,1-2H3,(H,20,24). The maximum atomic E-state index is 12.8. The highest BCUT2D eigenvalue weighted by Gasteiger charge is 2.49. The quantitative estimate of drug-likeness (QED) is 0.738. The van der Waals surface area contributed by atoms with Crippen molar-refractivity contribution in [2.75, 3.05) is 13.2 Å². The number of rotatable bonds is 7. The molecule has 3 amide bonds. The lowest BCUT2D eigenvalue weighted by Crippen LogP contribution is -2.42. The Labute approximate surface area is 151 Å². The lowest BCUT2D eigenvalue weighted by Gasteiger charge is -2.23. The van der Waals surface area contributed by atoms with Gasteiger partial charge in [0, 0.05) is 0 Å². The third-order valence-electron chi connectivity index (χ3n) is 4.43. The number of hydrogen-bond acceptors (Lipinski definition) is 5. The summed E-state index contributed by atoms with van der Waals surface area (Å²) in [4.78, 5) is 26.1. The number of aryl methyl sites for hydroxylation is 1. The van der Waals surface area contributed by atoms with Crippen LogP contribution in [0.2, 0.25) is 0 Å². The number of hydrogen-bond donors (Lipinski definition) is 2. The van der Waals surface area contributed by atoms with Crippen molar-refractivity contribution in [3.8, 4) is 0 Å². The van der Waals surface area contributed by atoms with Gasteiger partial charge in [-0.05, 0) is 31.5 Å². The molecule has 1 aliphatic rings. The molecule has 0 bridgehead atoms. The average Bonchev–Trinajstić information content (AvgIpc) is 3.19. The second-order valence-electron chi connectivity index (χ2n) is 6.59. The molecule has 2 atom stereocenters. The molecule has 2 heterocycles. The number of nitrogens with zero attached hydrogens (tertiary/aromatic N) is 1. The van der Waals surface area contributed by atoms with Crippen molar-refractivity contribution in [3.05, 3.63) is 59.5 Å². The predicted octanol–water partition coefficient (Wildman–Crippen LogP) is 1.93. The van der Waals surface area contributed by atoms with Gasteiger partial charge in [-0.25, -0.2) is 4.79 Å². The number of ether oxygens (including phenoxy) is 1. The summed E-state index contributed by atoms with van der Waals surface area (Å²) in [5.41, 5.74) is 0.627. The number of furan rings is 1. The van der Waals surface area contributed by atoms with Crippen molar-refractivity contribution in [2.24, 2.45) is 0 Å². The minimum atomic E-state index is -1.14. The largest absolute Gasteiger partial charge is 0.467 e. The summed E-state index contributed by atoms with van der Waals surface area (Å²) in [6.07, 6.45) is 0.550. The van der Waals surface area contributed by atoms with Crippen LogP contribution in [0.25, 0.3) is 0 Å². The molecule has 138 valence electrons. The van der Waals surface area contributed by atoms with E-state index in [1.807, 2.05) is 31.2 Å². The molecular formula is C19H22N2O5. The van der Waals surface area contributed by atoms with E-state index < -0.39 is 23.6 Å². The highest BCUT2D eigenvalue weighted by atomic mass is 16.5. The van der Waals surface area contributed by atoms with E-state index in [4.69, 9.17) is 9.15 Å². The normalized spacial score (nSPS) is 21.1. The maximum Gasteiger partial charge on any atom is 0.325 e. The van der Waals surface area contributed by atoms with E-state index in [-0.39, 0.29) is 19.8 Å². The monoisotopic (exact) mass is 358 g/mol. The number of aliphatic hydroxyl groups excluding tert-OH is 1. The minimum absolute atomic E-state index is 0.0149. The van der Waals surface area contributed by atoms with Crippen molar-refractivity contribution in [3.63, 3.8) is 0 Å². The molecule has 0 saturated carbocycles. The average molecular weight is 358 g/mol. The highest BCUT2D eigenvalue weighted by Crippen LogP contribution is 2.29. The Morgan fingerprint density at radius 3 is 2.65 bits per heavy atom. The van der Waals surface area contributed by atoms with Gasteiger partial charge in [0.05, 0.1) is 25.5 Å². The summed E-state index contributed by atoms with van der Waals surface area (Å²) in [5, 5.41) is 12.8. The Kier molecular flexibility index (Phi) is 5.11. The van der Waals surface area contributed by atoms with Crippen LogP contribution in [0.4, 0.5) is 4.79 Å². The molecule has 26 heavy (non-hydrogen) atoms. The Morgan fingerprint density at radius 2 is 2.00 bits per heavy atom. The van der Waals surface area contributed by atoms with Gasteiger partial charge in [0.25, 0.3) is 5.91 Å². The van der Waals surface area contributed by atoms with Gasteiger partial charge >= 0.3 is 6.03 Å². The van der Waals surface area contributed by atoms with Gasteiger partial charge in [0.2, 0.25) is 0 Å². The molecule has 0 spiro atoms. The molecule has 0 radical (unpaired) electrons. The van der Waals surface area contributed by atoms with Crippen LogP contribution in [0.5, 0.6) is 0 Å². The Bertz CT molecular complexity index is 772. The third-order valence-corrected chi connectivity index (χ3v) is 4.43. The van der Waals surface area contributed by atoms with Crippen molar-refractivity contribution >= 4 is 11.9 Å². The molecular weight excluding hydrogens is 336 g/mol. The van der Waals surface area contributed by atoms with Gasteiger partial charge in [0.15, 0.2) is 0 Å². The summed E-state index contributed by atoms with van der Waals surface area (Å²) >= 11 is 0. The number of nitrogens with one attached hydrogen (secondary N) is 1. The lowest BCUT2D eigenvalue weighted by molar-refractivity contribution is -0.132. The van der Waals surface area contributed by atoms with E-state index in [1.165, 1.54) is 6.26 Å². The van der Waals surface area contributed by atoms with Crippen LogP contribution in [0, 0.1) is 6.92 Å². The number of β-amino-alcohol motifs (C(OH)–C–C–N with tert-alkyl or cyclic N) is 1. The van der Waals surface area contributed by atoms with Gasteiger partial charge in [-0.3, -0.25) is 9.69 Å². The van der Waals surface area contributed by atoms with Crippen molar-refractivity contribution in [2.45, 2.75) is 32.1 Å². The van der Waals surface area contributed by atoms with E-state index in [2.05, 4.69) is 5.32 Å². The van der Waals surface area contributed by atoms with Crippen LogP contribution in [0.3, 0.4) is 0 Å². The van der Waals surface area contributed by atoms with Crippen LogP contribution < -0.4 is 5.32 Å². The van der Waals surface area contributed by atoms with Crippen LogP contribution in [0.1, 0.15) is 23.8 Å². The highest BCUT2D eigenvalue weighted by molar-refractivity contribution is 6.07. The first-order valence-electron chi connectivity index (χ1n) is 8.39. The van der Waals surface area contributed by atoms with E-state index >= 15 is 0 Å². The third kappa shape index (κ3) is 3.63. The Balaban J connectivity index is 1.60. The second kappa shape index (κ2) is 7.31. The van der Waals surface area contributed by atoms with Gasteiger partial charge in [-0.15, -0.1) is 0 Å². The number of imide groups is 1. The molecule has 1 aliphatic heterocycles. The fraction of sp³-hybridized carbons (Fsp3) is 0.368. The second-order valence-corrected chi connectivity index (χ2v) is 6.59. The number of aliphatic hydroxyl groups is 1. The molecule has 2 unspecified atom stereocenters. The summed E-state index contributed by atoms with van der Waals surface area (Å²) in [6, 6.07) is 10.4. The summed E-state index contributed by atoms with van der Waals surface area (Å²) in [5.74, 6) is 0.246. The lowest BCUT2D eigenvalue weighted by atomic mass is 9.91. The Morgan fingerprint density at radius 1 is 1.27 bits per heavy atom. The fourth-order valence-corrected chi connectivity index (χ4v) is 2.90. The zero-order valence-electron chi connectivity index (χ0n) is 14.8. The van der Waals surface area contributed by atoms with Crippen molar-refractivity contribution in [1.29, 1.82) is 0 Å². The molecule has 3 rings (SSSR count). The first kappa shape index (κ1) is 18.2. The van der Waals surface area contributed by atoms with E-state index in [1.54, 1.807) is 19.1 Å². The summed E-state index contributed by atoms with van der Waals surface area (Å²) in [6.45, 7) is 3.68. The minimum Gasteiger partial charge on any atom is -0.467 e. The topological polar surface area (TPSA) is 92.0 Å². The molecule has 2 aromatic rings. The van der Waals surface area contributed by atoms with Gasteiger partial charge in [-0.1, -0.05) is 29.8 Å². The van der Waals surface area contributed by atoms with E-state index in [0.29, 0.717) is 11.3 Å². The SMILES string of the molecule is Cc1ccc(C2(C)NC(=O)N(CC(O)COCc3ccco3)C2=O)cc1. The van der Waals surface area contributed by atoms with Crippen LogP contribution in [0.15, 0.2) is 47.1 Å². The molecule has 7 nitrogen and oxygen atoms in total. The van der Waals surface area contributed by atoms with Gasteiger partial charge in [-0.2, -0.15) is 0 Å².